The lowest BCUT2D eigenvalue weighted by molar-refractivity contribution is -0.0572. The quantitative estimate of drug-likeness (QED) is 0.754. The summed E-state index contributed by atoms with van der Waals surface area (Å²) in [6.07, 6.45) is 8.83. The molecule has 3 rings (SSSR count). The van der Waals surface area contributed by atoms with Crippen LogP contribution < -0.4 is 0 Å². The number of nitrogens with zero attached hydrogens (tertiary/aromatic N) is 2. The highest BCUT2D eigenvalue weighted by atomic mass is 15.2. The monoisotopic (exact) mass is 264 g/mol. The standard InChI is InChI=1S/C17H32N2/c1-14(2)18-9-6-17(7-10-18)11-16(12-17)19-8-4-5-15(3)13-19/h14-16H,4-13H2,1-3H3/t15-/m1/s1. The zero-order valence-corrected chi connectivity index (χ0v) is 13.2. The van der Waals surface area contributed by atoms with Gasteiger partial charge in [-0.1, -0.05) is 6.92 Å². The Balaban J connectivity index is 1.47. The minimum Gasteiger partial charge on any atom is -0.301 e. The summed E-state index contributed by atoms with van der Waals surface area (Å²) in [6.45, 7) is 12.6. The minimum atomic E-state index is 0.746. The highest BCUT2D eigenvalue weighted by Crippen LogP contribution is 2.51. The van der Waals surface area contributed by atoms with E-state index < -0.39 is 0 Å². The maximum absolute atomic E-state index is 2.81. The van der Waals surface area contributed by atoms with Crippen molar-refractivity contribution in [2.75, 3.05) is 26.2 Å². The Bertz CT molecular complexity index is 296. The van der Waals surface area contributed by atoms with Gasteiger partial charge in [-0.3, -0.25) is 0 Å². The average molecular weight is 264 g/mol. The lowest BCUT2D eigenvalue weighted by Crippen LogP contribution is -2.57. The number of hydrogen-bond donors (Lipinski definition) is 0. The fourth-order valence-electron chi connectivity index (χ4n) is 4.68. The second-order valence-electron chi connectivity index (χ2n) is 7.93. The molecular formula is C17H32N2. The number of piperidine rings is 2. The summed E-state index contributed by atoms with van der Waals surface area (Å²) >= 11 is 0. The van der Waals surface area contributed by atoms with Crippen molar-refractivity contribution in [2.24, 2.45) is 11.3 Å². The van der Waals surface area contributed by atoms with Gasteiger partial charge in [-0.25, -0.2) is 0 Å². The van der Waals surface area contributed by atoms with E-state index in [1.54, 1.807) is 0 Å². The van der Waals surface area contributed by atoms with Crippen LogP contribution in [0.4, 0.5) is 0 Å². The Kier molecular flexibility index (Phi) is 3.92. The molecule has 0 aromatic heterocycles. The van der Waals surface area contributed by atoms with Crippen LogP contribution in [0, 0.1) is 11.3 Å². The van der Waals surface area contributed by atoms with E-state index in [1.165, 1.54) is 64.7 Å². The third kappa shape index (κ3) is 2.85. The SMILES string of the molecule is CC(C)N1CCC2(CC1)CC(N1CCC[C@@H](C)C1)C2. The first-order chi connectivity index (χ1) is 9.08. The predicted molar refractivity (Wildman–Crippen MR) is 81.4 cm³/mol. The first-order valence-electron chi connectivity index (χ1n) is 8.56. The Morgan fingerprint density at radius 2 is 1.74 bits per heavy atom. The first kappa shape index (κ1) is 13.9. The summed E-state index contributed by atoms with van der Waals surface area (Å²) < 4.78 is 0. The van der Waals surface area contributed by atoms with E-state index in [0.717, 1.165) is 23.4 Å². The largest absolute Gasteiger partial charge is 0.301 e. The van der Waals surface area contributed by atoms with Crippen LogP contribution in [-0.4, -0.2) is 48.1 Å². The van der Waals surface area contributed by atoms with E-state index in [-0.39, 0.29) is 0 Å². The van der Waals surface area contributed by atoms with Crippen LogP contribution >= 0.6 is 0 Å². The van der Waals surface area contributed by atoms with Gasteiger partial charge in [0.15, 0.2) is 0 Å². The van der Waals surface area contributed by atoms with Crippen molar-refractivity contribution in [1.29, 1.82) is 0 Å². The molecule has 1 aliphatic carbocycles. The molecule has 1 spiro atoms. The average Bonchev–Trinajstić information content (AvgIpc) is 2.36. The number of likely N-dealkylation sites (tertiary alicyclic amines) is 2. The summed E-state index contributed by atoms with van der Waals surface area (Å²) in [5, 5.41) is 0. The molecule has 2 heteroatoms. The molecule has 2 heterocycles. The molecule has 0 unspecified atom stereocenters. The molecule has 2 aliphatic heterocycles. The third-order valence-corrected chi connectivity index (χ3v) is 6.13. The second kappa shape index (κ2) is 5.37. The lowest BCUT2D eigenvalue weighted by atomic mass is 9.59. The van der Waals surface area contributed by atoms with Crippen molar-refractivity contribution in [3.8, 4) is 0 Å². The van der Waals surface area contributed by atoms with Crippen LogP contribution in [0.2, 0.25) is 0 Å². The van der Waals surface area contributed by atoms with E-state index in [1.807, 2.05) is 0 Å². The number of hydrogen-bond acceptors (Lipinski definition) is 2. The highest BCUT2D eigenvalue weighted by Gasteiger charge is 2.48. The molecule has 0 amide bonds. The van der Waals surface area contributed by atoms with E-state index in [2.05, 4.69) is 30.6 Å². The van der Waals surface area contributed by atoms with Gasteiger partial charge in [-0.05, 0) is 83.3 Å². The molecule has 0 N–H and O–H groups in total. The molecule has 19 heavy (non-hydrogen) atoms. The molecule has 2 nitrogen and oxygen atoms in total. The van der Waals surface area contributed by atoms with Gasteiger partial charge in [-0.2, -0.15) is 0 Å². The van der Waals surface area contributed by atoms with Crippen LogP contribution in [0.25, 0.3) is 0 Å². The van der Waals surface area contributed by atoms with Gasteiger partial charge < -0.3 is 9.80 Å². The molecule has 2 saturated heterocycles. The first-order valence-corrected chi connectivity index (χ1v) is 8.56. The molecule has 0 radical (unpaired) electrons. The van der Waals surface area contributed by atoms with Crippen molar-refractivity contribution >= 4 is 0 Å². The van der Waals surface area contributed by atoms with Crippen molar-refractivity contribution in [2.45, 2.75) is 71.4 Å². The summed E-state index contributed by atoms with van der Waals surface area (Å²) in [4.78, 5) is 5.48. The van der Waals surface area contributed by atoms with Crippen LogP contribution in [0.5, 0.6) is 0 Å². The Morgan fingerprint density at radius 1 is 1.05 bits per heavy atom. The zero-order chi connectivity index (χ0) is 13.5. The molecule has 3 aliphatic rings. The molecule has 3 fully saturated rings. The fourth-order valence-corrected chi connectivity index (χ4v) is 4.68. The predicted octanol–water partition coefficient (Wildman–Crippen LogP) is 3.37. The molecular weight excluding hydrogens is 232 g/mol. The van der Waals surface area contributed by atoms with Gasteiger partial charge in [0.25, 0.3) is 0 Å². The topological polar surface area (TPSA) is 6.48 Å². The van der Waals surface area contributed by atoms with Gasteiger partial charge >= 0.3 is 0 Å². The Labute approximate surface area is 119 Å². The van der Waals surface area contributed by atoms with E-state index in [4.69, 9.17) is 0 Å². The smallest absolute Gasteiger partial charge is 0.0106 e. The van der Waals surface area contributed by atoms with Crippen molar-refractivity contribution in [3.63, 3.8) is 0 Å². The van der Waals surface area contributed by atoms with Crippen LogP contribution in [-0.2, 0) is 0 Å². The molecule has 0 aromatic carbocycles. The molecule has 0 aromatic rings. The maximum atomic E-state index is 2.81. The van der Waals surface area contributed by atoms with Gasteiger partial charge in [-0.15, -0.1) is 0 Å². The van der Waals surface area contributed by atoms with Gasteiger partial charge in [0, 0.05) is 18.6 Å². The lowest BCUT2D eigenvalue weighted by Gasteiger charge is -2.56. The van der Waals surface area contributed by atoms with Crippen LogP contribution in [0.3, 0.4) is 0 Å². The molecule has 1 atom stereocenters. The van der Waals surface area contributed by atoms with E-state index >= 15 is 0 Å². The second-order valence-corrected chi connectivity index (χ2v) is 7.93. The van der Waals surface area contributed by atoms with Gasteiger partial charge in [0.2, 0.25) is 0 Å². The van der Waals surface area contributed by atoms with Crippen molar-refractivity contribution in [1.82, 2.24) is 9.80 Å². The van der Waals surface area contributed by atoms with Gasteiger partial charge in [0.05, 0.1) is 0 Å². The van der Waals surface area contributed by atoms with Crippen LogP contribution in [0.1, 0.15) is 59.3 Å². The molecule has 0 bridgehead atoms. The third-order valence-electron chi connectivity index (χ3n) is 6.13. The minimum absolute atomic E-state index is 0.746. The van der Waals surface area contributed by atoms with E-state index in [9.17, 15) is 0 Å². The zero-order valence-electron chi connectivity index (χ0n) is 13.2. The summed E-state index contributed by atoms with van der Waals surface area (Å²) in [5.41, 5.74) is 0.747. The Morgan fingerprint density at radius 3 is 2.32 bits per heavy atom. The molecule has 1 saturated carbocycles. The van der Waals surface area contributed by atoms with Crippen LogP contribution in [0.15, 0.2) is 0 Å². The normalized spacial score (nSPS) is 33.8. The fraction of sp³-hybridized carbons (Fsp3) is 1.00. The molecule has 110 valence electrons. The summed E-state index contributed by atoms with van der Waals surface area (Å²) in [5.74, 6) is 0.938. The maximum Gasteiger partial charge on any atom is 0.0106 e. The van der Waals surface area contributed by atoms with Crippen molar-refractivity contribution in [3.05, 3.63) is 0 Å². The van der Waals surface area contributed by atoms with Crippen molar-refractivity contribution < 1.29 is 0 Å². The summed E-state index contributed by atoms with van der Waals surface area (Å²) in [7, 11) is 0. The van der Waals surface area contributed by atoms with Gasteiger partial charge in [0.1, 0.15) is 0 Å². The number of rotatable bonds is 2. The highest BCUT2D eigenvalue weighted by molar-refractivity contribution is 5.02. The Hall–Kier alpha value is -0.0800. The summed E-state index contributed by atoms with van der Waals surface area (Å²) in [6, 6.07) is 1.68. The van der Waals surface area contributed by atoms with E-state index in [0.29, 0.717) is 0 Å².